The summed E-state index contributed by atoms with van der Waals surface area (Å²) in [7, 11) is 1.51. The van der Waals surface area contributed by atoms with Crippen LogP contribution in [0.15, 0.2) is 106 Å². The predicted molar refractivity (Wildman–Crippen MR) is 263 cm³/mol. The van der Waals surface area contributed by atoms with Crippen LogP contribution < -0.4 is 32.3 Å². The van der Waals surface area contributed by atoms with Crippen LogP contribution in [0.5, 0.6) is 0 Å². The Morgan fingerprint density at radius 2 is 1.22 bits per heavy atom. The van der Waals surface area contributed by atoms with Gasteiger partial charge in [0, 0.05) is 67.4 Å². The first-order valence-electron chi connectivity index (χ1n) is 22.2. The van der Waals surface area contributed by atoms with Crippen LogP contribution in [-0.2, 0) is 9.53 Å². The Kier molecular flexibility index (Phi) is 15.1. The first-order chi connectivity index (χ1) is 33.0. The predicted octanol–water partition coefficient (Wildman–Crippen LogP) is 10.8. The summed E-state index contributed by atoms with van der Waals surface area (Å²) in [4.78, 5) is 53.3. The lowest BCUT2D eigenvalue weighted by Gasteiger charge is -2.28. The van der Waals surface area contributed by atoms with E-state index < -0.39 is 23.6 Å². The van der Waals surface area contributed by atoms with Gasteiger partial charge in [-0.1, -0.05) is 26.0 Å². The number of hydrogen-bond acceptors (Lipinski definition) is 16. The first-order valence-corrected chi connectivity index (χ1v) is 22.2. The molecule has 358 valence electrons. The quantitative estimate of drug-likeness (QED) is 0.0524. The Balaban J connectivity index is 0.000000218. The number of rotatable bonds is 15. The van der Waals surface area contributed by atoms with Crippen molar-refractivity contribution in [2.24, 2.45) is 0 Å². The van der Waals surface area contributed by atoms with E-state index in [4.69, 9.17) is 19.3 Å². The Morgan fingerprint density at radius 3 is 1.71 bits per heavy atom. The molecule has 0 bridgehead atoms. The average molecular weight is 942 g/mol. The van der Waals surface area contributed by atoms with Crippen LogP contribution >= 0.6 is 0 Å². The number of oxazole rings is 2. The van der Waals surface area contributed by atoms with Crippen LogP contribution in [0.25, 0.3) is 45.1 Å². The van der Waals surface area contributed by atoms with Crippen molar-refractivity contribution in [2.45, 2.75) is 66.0 Å². The zero-order valence-electron chi connectivity index (χ0n) is 39.1. The molecule has 7 N–H and O–H groups in total. The number of likely N-dealkylation sites (N-methyl/N-ethyl adjacent to an activating group) is 1. The van der Waals surface area contributed by atoms with Crippen molar-refractivity contribution in [1.82, 2.24) is 34.8 Å². The Bertz CT molecular complexity index is 3080. The minimum absolute atomic E-state index is 0.282. The highest BCUT2D eigenvalue weighted by molar-refractivity contribution is 5.97. The maximum atomic E-state index is 13.6. The standard InChI is InChI=1S/C29H34FN7O4.C20H19FN6O/c1-7-13-31-24-21(16-32-27(36-24)34-19-10-8-9-18(30)14-19)26-35-22-12-11-20(15-23(22)40-26)33-25(38)17(2)37(6)28(39)41-29(3,4)5;1-2-8-23-18-15(19-26-16-7-6-13(22)10-17(16)28-19)11-24-20(27-18)25-14-5-3-4-12(21)9-14/h8-12,14-17H,7,13H2,1-6H3,(H,33,38)(H2,31,32,34,36);3-7,9-11H,2,8,22H2,1H3,(H2,23,24,25,27)/t17-;/m0./s1. The minimum Gasteiger partial charge on any atom is -0.444 e. The number of fused-ring (bicyclic) bond motifs is 2. The molecule has 4 aromatic heterocycles. The largest absolute Gasteiger partial charge is 0.444 e. The molecule has 69 heavy (non-hydrogen) atoms. The molecule has 4 heterocycles. The van der Waals surface area contributed by atoms with Crippen LogP contribution in [-0.4, -0.2) is 78.6 Å². The zero-order chi connectivity index (χ0) is 49.2. The number of carbonyl (C=O) groups is 2. The highest BCUT2D eigenvalue weighted by Crippen LogP contribution is 2.33. The molecule has 2 amide bonds. The second-order valence-corrected chi connectivity index (χ2v) is 16.7. The molecule has 0 aliphatic heterocycles. The summed E-state index contributed by atoms with van der Waals surface area (Å²) in [6, 6.07) is 21.7. The smallest absolute Gasteiger partial charge is 0.410 e. The number of nitrogens with two attached hydrogens (primary N) is 1. The van der Waals surface area contributed by atoms with Gasteiger partial charge in [-0.3, -0.25) is 9.69 Å². The van der Waals surface area contributed by atoms with E-state index in [1.54, 1.807) is 101 Å². The molecular weight excluding hydrogens is 889 g/mol. The van der Waals surface area contributed by atoms with Crippen LogP contribution in [0, 0.1) is 11.6 Å². The number of carbonyl (C=O) groups excluding carboxylic acids is 2. The Morgan fingerprint density at radius 1 is 0.710 bits per heavy atom. The van der Waals surface area contributed by atoms with Gasteiger partial charge in [0.2, 0.25) is 29.6 Å². The van der Waals surface area contributed by atoms with Gasteiger partial charge in [-0.05, 0) is 101 Å². The number of nitrogen functional groups attached to an aromatic ring is 1. The first kappa shape index (κ1) is 48.5. The number of amides is 2. The molecular formula is C49H53F2N13O5. The number of benzene rings is 4. The number of nitrogens with one attached hydrogen (secondary N) is 5. The van der Waals surface area contributed by atoms with Crippen molar-refractivity contribution in [3.63, 3.8) is 0 Å². The second kappa shape index (κ2) is 21.5. The molecule has 20 heteroatoms. The number of anilines is 8. The molecule has 0 aliphatic rings. The third kappa shape index (κ3) is 12.7. The van der Waals surface area contributed by atoms with E-state index in [-0.39, 0.29) is 23.5 Å². The number of halogens is 2. The molecule has 4 aromatic carbocycles. The van der Waals surface area contributed by atoms with E-state index in [0.29, 0.717) is 86.1 Å². The fourth-order valence-electron chi connectivity index (χ4n) is 6.43. The van der Waals surface area contributed by atoms with E-state index in [9.17, 15) is 18.4 Å². The summed E-state index contributed by atoms with van der Waals surface area (Å²) >= 11 is 0. The molecule has 18 nitrogen and oxygen atoms in total. The topological polar surface area (TPSA) is 236 Å². The summed E-state index contributed by atoms with van der Waals surface area (Å²) in [5, 5.41) is 15.3. The van der Waals surface area contributed by atoms with Gasteiger partial charge in [0.05, 0.1) is 11.1 Å². The maximum absolute atomic E-state index is 13.6. The minimum atomic E-state index is -0.783. The normalized spacial score (nSPS) is 11.6. The van der Waals surface area contributed by atoms with E-state index in [1.165, 1.54) is 36.2 Å². The van der Waals surface area contributed by atoms with Crippen LogP contribution in [0.2, 0.25) is 0 Å². The Labute approximate surface area is 396 Å². The number of nitrogens with zero attached hydrogens (tertiary/aromatic N) is 7. The van der Waals surface area contributed by atoms with Gasteiger partial charge in [0.1, 0.15) is 45.9 Å². The Hall–Kier alpha value is -8.42. The van der Waals surface area contributed by atoms with Gasteiger partial charge >= 0.3 is 6.09 Å². The molecule has 0 spiro atoms. The number of hydrogen-bond donors (Lipinski definition) is 6. The summed E-state index contributed by atoms with van der Waals surface area (Å²) < 4.78 is 44.2. The van der Waals surface area contributed by atoms with E-state index in [2.05, 4.69) is 63.4 Å². The fourth-order valence-corrected chi connectivity index (χ4v) is 6.43. The number of ether oxygens (including phenoxy) is 1. The van der Waals surface area contributed by atoms with Crippen molar-refractivity contribution in [3.8, 4) is 22.9 Å². The molecule has 0 radical (unpaired) electrons. The summed E-state index contributed by atoms with van der Waals surface area (Å²) in [6.45, 7) is 12.4. The van der Waals surface area contributed by atoms with Crippen molar-refractivity contribution >= 4 is 80.5 Å². The van der Waals surface area contributed by atoms with E-state index in [1.807, 2.05) is 6.92 Å². The lowest BCUT2D eigenvalue weighted by molar-refractivity contribution is -0.120. The van der Waals surface area contributed by atoms with Gasteiger partial charge in [0.25, 0.3) is 0 Å². The van der Waals surface area contributed by atoms with Gasteiger partial charge in [-0.15, -0.1) is 0 Å². The summed E-state index contributed by atoms with van der Waals surface area (Å²) in [5.41, 5.74) is 10.8. The SMILES string of the molecule is CCCNc1nc(Nc2cccc(F)c2)ncc1-c1nc2ccc(N)cc2o1.CCCNc1nc(Nc2cccc(F)c2)ncc1-c1nc2ccc(NC(=O)[C@H](C)N(C)C(=O)OC(C)(C)C)cc2o1. The van der Waals surface area contributed by atoms with Gasteiger partial charge in [-0.25, -0.2) is 33.5 Å². The van der Waals surface area contributed by atoms with Crippen molar-refractivity contribution in [1.29, 1.82) is 0 Å². The average Bonchev–Trinajstić information content (AvgIpc) is 3.93. The highest BCUT2D eigenvalue weighted by Gasteiger charge is 2.27. The molecule has 0 fully saturated rings. The summed E-state index contributed by atoms with van der Waals surface area (Å²) in [6.07, 6.45) is 4.38. The molecule has 8 aromatic rings. The lowest BCUT2D eigenvalue weighted by Crippen LogP contribution is -2.45. The van der Waals surface area contributed by atoms with E-state index in [0.717, 1.165) is 19.4 Å². The van der Waals surface area contributed by atoms with Crippen molar-refractivity contribution in [3.05, 3.63) is 109 Å². The second-order valence-electron chi connectivity index (χ2n) is 16.7. The maximum Gasteiger partial charge on any atom is 0.410 e. The van der Waals surface area contributed by atoms with Crippen LogP contribution in [0.1, 0.15) is 54.4 Å². The van der Waals surface area contributed by atoms with E-state index >= 15 is 0 Å². The zero-order valence-corrected chi connectivity index (χ0v) is 39.1. The van der Waals surface area contributed by atoms with Crippen molar-refractivity contribution < 1.29 is 31.9 Å². The van der Waals surface area contributed by atoms with Gasteiger partial charge in [-0.2, -0.15) is 9.97 Å². The lowest BCUT2D eigenvalue weighted by atomic mass is 10.2. The van der Waals surface area contributed by atoms with Gasteiger partial charge in [0.15, 0.2) is 11.2 Å². The van der Waals surface area contributed by atoms with Crippen LogP contribution in [0.3, 0.4) is 0 Å². The number of aromatic nitrogens is 6. The molecule has 0 aliphatic carbocycles. The third-order valence-corrected chi connectivity index (χ3v) is 10.00. The fraction of sp³-hybridized carbons (Fsp3) is 0.265. The van der Waals surface area contributed by atoms with Crippen molar-refractivity contribution in [2.75, 3.05) is 52.5 Å². The van der Waals surface area contributed by atoms with Crippen LogP contribution in [0.4, 0.5) is 59.9 Å². The molecule has 8 rings (SSSR count). The molecule has 1 atom stereocenters. The highest BCUT2D eigenvalue weighted by atomic mass is 19.1. The molecule has 0 saturated carbocycles. The molecule has 0 unspecified atom stereocenters. The third-order valence-electron chi connectivity index (χ3n) is 10.00. The van der Waals surface area contributed by atoms with Gasteiger partial charge < -0.3 is 45.9 Å². The summed E-state index contributed by atoms with van der Waals surface area (Å²) in [5.74, 6) is 1.29. The molecule has 0 saturated heterocycles. The monoisotopic (exact) mass is 941 g/mol.